The molecule has 20 heavy (non-hydrogen) atoms. The maximum absolute atomic E-state index is 12.5. The molecular weight excluding hydrogens is 280 g/mol. The Morgan fingerprint density at radius 3 is 2.85 bits per heavy atom. The van der Waals surface area contributed by atoms with Crippen molar-refractivity contribution in [2.75, 3.05) is 31.2 Å². The molecule has 1 aromatic rings. The van der Waals surface area contributed by atoms with Crippen LogP contribution < -0.4 is 15.4 Å². The Morgan fingerprint density at radius 1 is 1.40 bits per heavy atom. The quantitative estimate of drug-likeness (QED) is 0.842. The summed E-state index contributed by atoms with van der Waals surface area (Å²) >= 11 is 6.00. The zero-order valence-electron chi connectivity index (χ0n) is 11.7. The number of fused-ring (bicyclic) bond motifs is 1. The number of anilines is 1. The molecule has 5 nitrogen and oxygen atoms in total. The van der Waals surface area contributed by atoms with Gasteiger partial charge in [-0.3, -0.25) is 4.79 Å². The van der Waals surface area contributed by atoms with E-state index in [1.807, 2.05) is 0 Å². The topological polar surface area (TPSA) is 64.8 Å². The molecule has 1 aliphatic heterocycles. The molecule has 0 unspecified atom stereocenters. The van der Waals surface area contributed by atoms with Crippen molar-refractivity contribution in [1.82, 2.24) is 0 Å². The van der Waals surface area contributed by atoms with Gasteiger partial charge in [-0.05, 0) is 32.0 Å². The molecule has 1 heterocycles. The van der Waals surface area contributed by atoms with Gasteiger partial charge in [0.1, 0.15) is 5.75 Å². The Hall–Kier alpha value is -1.30. The molecule has 0 saturated carbocycles. The number of benzene rings is 1. The van der Waals surface area contributed by atoms with Crippen LogP contribution >= 0.6 is 11.6 Å². The van der Waals surface area contributed by atoms with E-state index in [0.29, 0.717) is 42.8 Å². The Bertz CT molecular complexity index is 505. The molecule has 0 spiro atoms. The van der Waals surface area contributed by atoms with Crippen LogP contribution in [0.3, 0.4) is 0 Å². The number of ether oxygens (including phenoxy) is 2. The average molecular weight is 299 g/mol. The summed E-state index contributed by atoms with van der Waals surface area (Å²) in [6, 6.07) is 5.25. The van der Waals surface area contributed by atoms with E-state index in [-0.39, 0.29) is 5.91 Å². The summed E-state index contributed by atoms with van der Waals surface area (Å²) in [7, 11) is 0. The molecule has 1 aliphatic rings. The number of carbonyl (C=O) groups is 1. The van der Waals surface area contributed by atoms with Crippen LogP contribution in [0.25, 0.3) is 0 Å². The lowest BCUT2D eigenvalue weighted by atomic mass is 10.0. The van der Waals surface area contributed by atoms with Gasteiger partial charge in [-0.15, -0.1) is 0 Å². The van der Waals surface area contributed by atoms with E-state index in [9.17, 15) is 4.79 Å². The zero-order chi connectivity index (χ0) is 14.8. The number of rotatable bonds is 5. The van der Waals surface area contributed by atoms with E-state index in [0.717, 1.165) is 0 Å². The molecule has 0 aliphatic carbocycles. The van der Waals surface area contributed by atoms with Crippen molar-refractivity contribution in [2.24, 2.45) is 5.73 Å². The van der Waals surface area contributed by atoms with Crippen molar-refractivity contribution in [3.63, 3.8) is 0 Å². The van der Waals surface area contributed by atoms with Crippen LogP contribution in [0.15, 0.2) is 18.2 Å². The fourth-order valence-electron chi connectivity index (χ4n) is 2.10. The third-order valence-corrected chi connectivity index (χ3v) is 3.29. The molecule has 0 saturated heterocycles. The van der Waals surface area contributed by atoms with Crippen LogP contribution in [-0.4, -0.2) is 37.8 Å². The van der Waals surface area contributed by atoms with E-state index in [4.69, 9.17) is 26.8 Å². The maximum atomic E-state index is 12.5. The lowest BCUT2D eigenvalue weighted by molar-refractivity contribution is -0.132. The molecule has 1 amide bonds. The predicted molar refractivity (Wildman–Crippen MR) is 78.4 cm³/mol. The second-order valence-electron chi connectivity index (χ2n) is 5.08. The zero-order valence-corrected chi connectivity index (χ0v) is 12.4. The van der Waals surface area contributed by atoms with E-state index in [1.54, 1.807) is 36.9 Å². The molecule has 110 valence electrons. The van der Waals surface area contributed by atoms with Crippen LogP contribution in [0.2, 0.25) is 5.02 Å². The second kappa shape index (κ2) is 5.99. The van der Waals surface area contributed by atoms with Crippen LogP contribution in [-0.2, 0) is 9.53 Å². The minimum atomic E-state index is -0.894. The number of hydrogen-bond acceptors (Lipinski definition) is 4. The summed E-state index contributed by atoms with van der Waals surface area (Å²) < 4.78 is 11.1. The smallest absolute Gasteiger partial charge is 0.270 e. The summed E-state index contributed by atoms with van der Waals surface area (Å²) in [6.45, 7) is 5.31. The standard InChI is InChI=1S/C14H19ClN2O3/c1-14(2)13(18)17(6-8-19-7-5-16)11-9-10(15)3-4-12(11)20-14/h3-4,9H,5-8,16H2,1-2H3. The highest BCUT2D eigenvalue weighted by atomic mass is 35.5. The molecule has 0 aromatic heterocycles. The molecular formula is C14H19ClN2O3. The third-order valence-electron chi connectivity index (χ3n) is 3.06. The first-order chi connectivity index (χ1) is 9.45. The summed E-state index contributed by atoms with van der Waals surface area (Å²) in [5, 5.41) is 0.563. The maximum Gasteiger partial charge on any atom is 0.270 e. The first kappa shape index (κ1) is 15.1. The van der Waals surface area contributed by atoms with Crippen LogP contribution in [0.4, 0.5) is 5.69 Å². The summed E-state index contributed by atoms with van der Waals surface area (Å²) in [5.74, 6) is 0.543. The lowest BCUT2D eigenvalue weighted by Gasteiger charge is -2.38. The first-order valence-corrected chi connectivity index (χ1v) is 6.92. The van der Waals surface area contributed by atoms with Crippen LogP contribution in [0.5, 0.6) is 5.75 Å². The van der Waals surface area contributed by atoms with Gasteiger partial charge in [0, 0.05) is 18.1 Å². The molecule has 6 heteroatoms. The van der Waals surface area contributed by atoms with Gasteiger partial charge >= 0.3 is 0 Å². The van der Waals surface area contributed by atoms with Crippen molar-refractivity contribution in [2.45, 2.75) is 19.4 Å². The van der Waals surface area contributed by atoms with Gasteiger partial charge < -0.3 is 20.1 Å². The third kappa shape index (κ3) is 3.06. The van der Waals surface area contributed by atoms with Gasteiger partial charge in [-0.1, -0.05) is 11.6 Å². The highest BCUT2D eigenvalue weighted by Crippen LogP contribution is 2.39. The minimum absolute atomic E-state index is 0.108. The second-order valence-corrected chi connectivity index (χ2v) is 5.52. The highest BCUT2D eigenvalue weighted by Gasteiger charge is 2.40. The Labute approximate surface area is 123 Å². The summed E-state index contributed by atoms with van der Waals surface area (Å²) in [6.07, 6.45) is 0. The van der Waals surface area contributed by atoms with Crippen molar-refractivity contribution >= 4 is 23.2 Å². The van der Waals surface area contributed by atoms with Gasteiger partial charge in [0.15, 0.2) is 5.60 Å². The van der Waals surface area contributed by atoms with E-state index < -0.39 is 5.60 Å². The lowest BCUT2D eigenvalue weighted by Crippen LogP contribution is -2.53. The van der Waals surface area contributed by atoms with Crippen molar-refractivity contribution in [1.29, 1.82) is 0 Å². The Kier molecular flexibility index (Phi) is 4.52. The van der Waals surface area contributed by atoms with Crippen molar-refractivity contribution in [3.05, 3.63) is 23.2 Å². The number of carbonyl (C=O) groups excluding carboxylic acids is 1. The predicted octanol–water partition coefficient (Wildman–Crippen LogP) is 1.82. The number of hydrogen-bond donors (Lipinski definition) is 1. The number of nitrogens with zero attached hydrogens (tertiary/aromatic N) is 1. The molecule has 0 radical (unpaired) electrons. The highest BCUT2D eigenvalue weighted by molar-refractivity contribution is 6.31. The number of halogens is 1. The van der Waals surface area contributed by atoms with E-state index in [1.165, 1.54) is 0 Å². The van der Waals surface area contributed by atoms with Crippen LogP contribution in [0.1, 0.15) is 13.8 Å². The first-order valence-electron chi connectivity index (χ1n) is 6.54. The molecule has 0 bridgehead atoms. The summed E-state index contributed by atoms with van der Waals surface area (Å²) in [4.78, 5) is 14.1. The molecule has 2 rings (SSSR count). The molecule has 2 N–H and O–H groups in total. The Morgan fingerprint density at radius 2 is 2.15 bits per heavy atom. The molecule has 0 fully saturated rings. The minimum Gasteiger partial charge on any atom is -0.476 e. The van der Waals surface area contributed by atoms with Gasteiger partial charge in [-0.25, -0.2) is 0 Å². The number of amides is 1. The largest absolute Gasteiger partial charge is 0.476 e. The SMILES string of the molecule is CC1(C)Oc2ccc(Cl)cc2N(CCOCCN)C1=O. The Balaban J connectivity index is 2.23. The van der Waals surface area contributed by atoms with E-state index in [2.05, 4.69) is 0 Å². The fraction of sp³-hybridized carbons (Fsp3) is 0.500. The normalized spacial score (nSPS) is 16.8. The van der Waals surface area contributed by atoms with Gasteiger partial charge in [-0.2, -0.15) is 0 Å². The van der Waals surface area contributed by atoms with E-state index >= 15 is 0 Å². The van der Waals surface area contributed by atoms with Gasteiger partial charge in [0.2, 0.25) is 0 Å². The van der Waals surface area contributed by atoms with Gasteiger partial charge in [0.25, 0.3) is 5.91 Å². The summed E-state index contributed by atoms with van der Waals surface area (Å²) in [5.41, 5.74) is 5.16. The average Bonchev–Trinajstić information content (AvgIpc) is 2.39. The van der Waals surface area contributed by atoms with Crippen molar-refractivity contribution < 1.29 is 14.3 Å². The molecule has 1 aromatic carbocycles. The van der Waals surface area contributed by atoms with Crippen LogP contribution in [0, 0.1) is 0 Å². The van der Waals surface area contributed by atoms with Gasteiger partial charge in [0.05, 0.1) is 18.9 Å². The number of nitrogens with two attached hydrogens (primary N) is 1. The fourth-order valence-corrected chi connectivity index (χ4v) is 2.27. The monoisotopic (exact) mass is 298 g/mol. The molecule has 0 atom stereocenters. The van der Waals surface area contributed by atoms with Crippen molar-refractivity contribution in [3.8, 4) is 5.75 Å².